The molecule has 5 aromatic carbocycles. The first-order valence-corrected chi connectivity index (χ1v) is 16.2. The fraction of sp³-hybridized carbons (Fsp3) is 0.268. The standard InChI is InChI=1S/C41H42O6/c42-25-31-21-23-36(24-22-31)38-40(45-28-34-17-9-3-10-18-34)41(46-29-35-19-11-4-12-20-35)39(44-27-33-15-7-2-8-16-33)37(47-38)30-43-26-32-13-5-1-6-14-32/h1-24,37-42H,25-30H2/t37-,38+,39-,40+,41+/m1/s1. The van der Waals surface area contributed by atoms with Gasteiger partial charge in [0.1, 0.15) is 30.5 Å². The van der Waals surface area contributed by atoms with E-state index in [1.807, 2.05) is 97.1 Å². The summed E-state index contributed by atoms with van der Waals surface area (Å²) < 4.78 is 33.6. The Morgan fingerprint density at radius 1 is 0.447 bits per heavy atom. The Bertz CT molecular complexity index is 1580. The Morgan fingerprint density at radius 2 is 0.872 bits per heavy atom. The molecule has 47 heavy (non-hydrogen) atoms. The van der Waals surface area contributed by atoms with E-state index in [2.05, 4.69) is 48.5 Å². The second kappa shape index (κ2) is 17.1. The predicted molar refractivity (Wildman–Crippen MR) is 181 cm³/mol. The second-order valence-electron chi connectivity index (χ2n) is 11.8. The summed E-state index contributed by atoms with van der Waals surface area (Å²) in [4.78, 5) is 0. The normalized spacial score (nSPS) is 21.0. The van der Waals surface area contributed by atoms with Crippen LogP contribution >= 0.6 is 0 Å². The fourth-order valence-electron chi connectivity index (χ4n) is 5.87. The van der Waals surface area contributed by atoms with Crippen molar-refractivity contribution < 1.29 is 28.8 Å². The van der Waals surface area contributed by atoms with E-state index in [-0.39, 0.29) is 6.61 Å². The van der Waals surface area contributed by atoms with Crippen molar-refractivity contribution in [2.24, 2.45) is 0 Å². The van der Waals surface area contributed by atoms with Gasteiger partial charge in [0.25, 0.3) is 0 Å². The molecule has 0 spiro atoms. The number of ether oxygens (including phenoxy) is 5. The second-order valence-corrected chi connectivity index (χ2v) is 11.8. The highest BCUT2D eigenvalue weighted by atomic mass is 16.6. The minimum absolute atomic E-state index is 0.0338. The molecule has 242 valence electrons. The smallest absolute Gasteiger partial charge is 0.117 e. The van der Waals surface area contributed by atoms with Gasteiger partial charge in [0.2, 0.25) is 0 Å². The Balaban J connectivity index is 1.34. The molecule has 0 unspecified atom stereocenters. The molecule has 5 aromatic rings. The van der Waals surface area contributed by atoms with E-state index in [1.54, 1.807) is 0 Å². The lowest BCUT2D eigenvalue weighted by Crippen LogP contribution is -2.58. The number of rotatable bonds is 15. The number of aliphatic hydroxyl groups excluding tert-OH is 1. The molecular formula is C41H42O6. The lowest BCUT2D eigenvalue weighted by Gasteiger charge is -2.46. The maximum atomic E-state index is 9.73. The van der Waals surface area contributed by atoms with Gasteiger partial charge in [0, 0.05) is 0 Å². The molecule has 0 aromatic heterocycles. The van der Waals surface area contributed by atoms with Gasteiger partial charge in [-0.2, -0.15) is 0 Å². The largest absolute Gasteiger partial charge is 0.392 e. The number of hydrogen-bond donors (Lipinski definition) is 1. The van der Waals surface area contributed by atoms with E-state index in [0.29, 0.717) is 33.0 Å². The number of benzene rings is 5. The average Bonchev–Trinajstić information content (AvgIpc) is 3.14. The Labute approximate surface area is 277 Å². The molecule has 5 atom stereocenters. The summed E-state index contributed by atoms with van der Waals surface area (Å²) >= 11 is 0. The molecule has 6 nitrogen and oxygen atoms in total. The van der Waals surface area contributed by atoms with Crippen molar-refractivity contribution in [3.8, 4) is 0 Å². The molecule has 0 saturated carbocycles. The van der Waals surface area contributed by atoms with Gasteiger partial charge >= 0.3 is 0 Å². The van der Waals surface area contributed by atoms with Crippen LogP contribution in [-0.2, 0) is 56.7 Å². The average molecular weight is 631 g/mol. The summed E-state index contributed by atoms with van der Waals surface area (Å²) in [6.07, 6.45) is -2.44. The van der Waals surface area contributed by atoms with E-state index >= 15 is 0 Å². The van der Waals surface area contributed by atoms with Crippen molar-refractivity contribution in [2.75, 3.05) is 6.61 Å². The minimum atomic E-state index is -0.509. The third-order valence-corrected chi connectivity index (χ3v) is 8.37. The third kappa shape index (κ3) is 9.24. The number of hydrogen-bond acceptors (Lipinski definition) is 6. The highest BCUT2D eigenvalue weighted by molar-refractivity contribution is 5.26. The van der Waals surface area contributed by atoms with Gasteiger partial charge in [-0.25, -0.2) is 0 Å². The van der Waals surface area contributed by atoms with Crippen LogP contribution in [0.2, 0.25) is 0 Å². The van der Waals surface area contributed by atoms with Crippen LogP contribution in [0, 0.1) is 0 Å². The van der Waals surface area contributed by atoms with Crippen LogP contribution in [0.15, 0.2) is 146 Å². The zero-order chi connectivity index (χ0) is 32.1. The lowest BCUT2D eigenvalue weighted by molar-refractivity contribution is -0.275. The first-order valence-electron chi connectivity index (χ1n) is 16.2. The van der Waals surface area contributed by atoms with Crippen LogP contribution in [0.1, 0.15) is 39.5 Å². The van der Waals surface area contributed by atoms with E-state index < -0.39 is 30.5 Å². The Hall–Kier alpha value is -4.14. The molecule has 1 aliphatic rings. The first-order chi connectivity index (χ1) is 23.3. The summed E-state index contributed by atoms with van der Waals surface area (Å²) in [5.74, 6) is 0. The molecule has 6 heteroatoms. The maximum Gasteiger partial charge on any atom is 0.117 e. The van der Waals surface area contributed by atoms with E-state index in [9.17, 15) is 5.11 Å². The topological polar surface area (TPSA) is 66.4 Å². The lowest BCUT2D eigenvalue weighted by atomic mass is 9.90. The molecule has 0 radical (unpaired) electrons. The van der Waals surface area contributed by atoms with Gasteiger partial charge in [-0.15, -0.1) is 0 Å². The van der Waals surface area contributed by atoms with Gasteiger partial charge in [0.05, 0.1) is 39.6 Å². The highest BCUT2D eigenvalue weighted by Crippen LogP contribution is 2.38. The van der Waals surface area contributed by atoms with Crippen LogP contribution < -0.4 is 0 Å². The molecule has 1 N–H and O–H groups in total. The molecule has 0 aliphatic carbocycles. The third-order valence-electron chi connectivity index (χ3n) is 8.37. The van der Waals surface area contributed by atoms with Gasteiger partial charge in [-0.3, -0.25) is 0 Å². The van der Waals surface area contributed by atoms with Crippen molar-refractivity contribution >= 4 is 0 Å². The first kappa shape index (κ1) is 32.8. The fourth-order valence-corrected chi connectivity index (χ4v) is 5.87. The van der Waals surface area contributed by atoms with Crippen LogP contribution in [-0.4, -0.2) is 36.1 Å². The van der Waals surface area contributed by atoms with Crippen LogP contribution in [0.25, 0.3) is 0 Å². The summed E-state index contributed by atoms with van der Waals surface area (Å²) in [6, 6.07) is 48.4. The maximum absolute atomic E-state index is 9.73. The monoisotopic (exact) mass is 630 g/mol. The molecule has 0 amide bonds. The van der Waals surface area contributed by atoms with Crippen LogP contribution in [0.5, 0.6) is 0 Å². The molecule has 6 rings (SSSR count). The molecule has 1 aliphatic heterocycles. The minimum Gasteiger partial charge on any atom is -0.392 e. The quantitative estimate of drug-likeness (QED) is 0.129. The zero-order valence-electron chi connectivity index (χ0n) is 26.5. The zero-order valence-corrected chi connectivity index (χ0v) is 26.5. The summed E-state index contributed by atoms with van der Waals surface area (Å²) in [6.45, 7) is 1.87. The van der Waals surface area contributed by atoms with Crippen LogP contribution in [0.4, 0.5) is 0 Å². The summed E-state index contributed by atoms with van der Waals surface area (Å²) in [7, 11) is 0. The predicted octanol–water partition coefficient (Wildman–Crippen LogP) is 7.59. The molecule has 1 saturated heterocycles. The van der Waals surface area contributed by atoms with E-state index in [0.717, 1.165) is 33.4 Å². The van der Waals surface area contributed by atoms with Gasteiger partial charge < -0.3 is 28.8 Å². The van der Waals surface area contributed by atoms with Crippen molar-refractivity contribution in [3.05, 3.63) is 179 Å². The van der Waals surface area contributed by atoms with Crippen LogP contribution in [0.3, 0.4) is 0 Å². The van der Waals surface area contributed by atoms with Gasteiger partial charge in [0.15, 0.2) is 0 Å². The summed E-state index contributed by atoms with van der Waals surface area (Å²) in [5, 5.41) is 9.73. The molecule has 1 fully saturated rings. The van der Waals surface area contributed by atoms with Crippen molar-refractivity contribution in [1.29, 1.82) is 0 Å². The Kier molecular flexibility index (Phi) is 12.0. The van der Waals surface area contributed by atoms with Crippen molar-refractivity contribution in [1.82, 2.24) is 0 Å². The SMILES string of the molecule is OCc1ccc([C@@H]2O[C@H](COCc3ccccc3)[C@@H](OCc3ccccc3)[C@H](OCc3ccccc3)[C@H]2OCc2ccccc2)cc1. The molecule has 0 bridgehead atoms. The van der Waals surface area contributed by atoms with E-state index in [1.165, 1.54) is 0 Å². The van der Waals surface area contributed by atoms with Crippen molar-refractivity contribution in [2.45, 2.75) is 63.6 Å². The van der Waals surface area contributed by atoms with Crippen molar-refractivity contribution in [3.63, 3.8) is 0 Å². The summed E-state index contributed by atoms with van der Waals surface area (Å²) in [5.41, 5.74) is 6.02. The molecule has 1 heterocycles. The van der Waals surface area contributed by atoms with Gasteiger partial charge in [-0.1, -0.05) is 146 Å². The van der Waals surface area contributed by atoms with E-state index in [4.69, 9.17) is 23.7 Å². The molecular weight excluding hydrogens is 588 g/mol. The Morgan fingerprint density at radius 3 is 1.34 bits per heavy atom. The van der Waals surface area contributed by atoms with Gasteiger partial charge in [-0.05, 0) is 33.4 Å². The number of aliphatic hydroxyl groups is 1. The highest BCUT2D eigenvalue weighted by Gasteiger charge is 2.49.